The summed E-state index contributed by atoms with van der Waals surface area (Å²) in [6.07, 6.45) is 0. The van der Waals surface area contributed by atoms with Crippen molar-refractivity contribution < 1.29 is 17.7 Å². The number of hydrogen-bond acceptors (Lipinski definition) is 6. The second kappa shape index (κ2) is 7.31. The molecule has 27 heavy (non-hydrogen) atoms. The molecule has 1 heterocycles. The summed E-state index contributed by atoms with van der Waals surface area (Å²) in [4.78, 5) is 12.4. The van der Waals surface area contributed by atoms with Crippen molar-refractivity contribution in [1.82, 2.24) is 5.16 Å². The van der Waals surface area contributed by atoms with Crippen LogP contribution >= 0.6 is 0 Å². The van der Waals surface area contributed by atoms with Crippen molar-refractivity contribution in [3.05, 3.63) is 71.5 Å². The zero-order chi connectivity index (χ0) is 19.4. The van der Waals surface area contributed by atoms with Crippen molar-refractivity contribution in [3.8, 4) is 6.07 Å². The first-order chi connectivity index (χ1) is 12.9. The second-order valence-electron chi connectivity index (χ2n) is 5.57. The molecule has 0 aliphatic rings. The van der Waals surface area contributed by atoms with E-state index >= 15 is 0 Å². The maximum atomic E-state index is 12.5. The van der Waals surface area contributed by atoms with Gasteiger partial charge in [0.05, 0.1) is 16.1 Å². The minimum atomic E-state index is -3.95. The van der Waals surface area contributed by atoms with Gasteiger partial charge in [-0.05, 0) is 37.3 Å². The summed E-state index contributed by atoms with van der Waals surface area (Å²) in [6, 6.07) is 15.5. The van der Waals surface area contributed by atoms with Gasteiger partial charge >= 0.3 is 0 Å². The number of amides is 1. The molecule has 0 spiro atoms. The third-order valence-corrected chi connectivity index (χ3v) is 4.92. The molecule has 2 N–H and O–H groups in total. The van der Waals surface area contributed by atoms with Crippen LogP contribution in [0.4, 0.5) is 11.5 Å². The number of carbonyl (C=O) groups is 1. The van der Waals surface area contributed by atoms with E-state index in [2.05, 4.69) is 15.2 Å². The fraction of sp³-hybridized carbons (Fsp3) is 0.0556. The Labute approximate surface area is 155 Å². The van der Waals surface area contributed by atoms with E-state index in [4.69, 9.17) is 9.78 Å². The number of para-hydroxylation sites is 1. The molecule has 0 aliphatic carbocycles. The van der Waals surface area contributed by atoms with Gasteiger partial charge in [0.15, 0.2) is 5.82 Å². The van der Waals surface area contributed by atoms with Crippen LogP contribution in [0.15, 0.2) is 64.0 Å². The summed E-state index contributed by atoms with van der Waals surface area (Å²) in [5.74, 6) is -0.0330. The Morgan fingerprint density at radius 2 is 1.93 bits per heavy atom. The molecule has 0 aliphatic heterocycles. The normalized spacial score (nSPS) is 10.8. The smallest absolute Gasteiger partial charge is 0.263 e. The van der Waals surface area contributed by atoms with E-state index in [0.717, 1.165) is 0 Å². The topological polar surface area (TPSA) is 125 Å². The predicted octanol–water partition coefficient (Wildman–Crippen LogP) is 2.91. The van der Waals surface area contributed by atoms with Crippen LogP contribution in [-0.4, -0.2) is 19.5 Å². The molecule has 9 heteroatoms. The van der Waals surface area contributed by atoms with E-state index < -0.39 is 15.9 Å². The van der Waals surface area contributed by atoms with Crippen molar-refractivity contribution in [2.45, 2.75) is 11.8 Å². The van der Waals surface area contributed by atoms with Gasteiger partial charge in [0.2, 0.25) is 0 Å². The summed E-state index contributed by atoms with van der Waals surface area (Å²) in [5.41, 5.74) is 0.772. The standard InChI is InChI=1S/C18H14N4O4S/c1-12-9-17(21-26-12)22-27(24,25)15-7-4-6-13(10-15)18(23)20-16-8-3-2-5-14(16)11-19/h2-10H,1H3,(H,20,23)(H,21,22). The van der Waals surface area contributed by atoms with Crippen molar-refractivity contribution in [2.75, 3.05) is 10.0 Å². The van der Waals surface area contributed by atoms with Gasteiger partial charge in [-0.3, -0.25) is 9.52 Å². The van der Waals surface area contributed by atoms with Gasteiger partial charge in [0.25, 0.3) is 15.9 Å². The van der Waals surface area contributed by atoms with Crippen LogP contribution in [0.2, 0.25) is 0 Å². The molecule has 3 rings (SSSR count). The number of aromatic nitrogens is 1. The molecule has 0 saturated heterocycles. The SMILES string of the molecule is Cc1cc(NS(=O)(=O)c2cccc(C(=O)Nc3ccccc3C#N)c2)no1. The van der Waals surface area contributed by atoms with Crippen LogP contribution in [0.3, 0.4) is 0 Å². The Kier molecular flexibility index (Phi) is 4.92. The fourth-order valence-corrected chi connectivity index (χ4v) is 3.33. The van der Waals surface area contributed by atoms with Crippen LogP contribution in [-0.2, 0) is 10.0 Å². The Morgan fingerprint density at radius 1 is 1.15 bits per heavy atom. The van der Waals surface area contributed by atoms with Gasteiger partial charge in [0.1, 0.15) is 11.8 Å². The number of rotatable bonds is 5. The van der Waals surface area contributed by atoms with E-state index in [1.165, 1.54) is 30.3 Å². The number of aryl methyl sites for hydroxylation is 1. The predicted molar refractivity (Wildman–Crippen MR) is 97.6 cm³/mol. The Morgan fingerprint density at radius 3 is 2.63 bits per heavy atom. The first-order valence-electron chi connectivity index (χ1n) is 7.76. The Hall–Kier alpha value is -3.64. The molecule has 136 valence electrons. The van der Waals surface area contributed by atoms with Gasteiger partial charge in [-0.25, -0.2) is 8.42 Å². The summed E-state index contributed by atoms with van der Waals surface area (Å²) in [5, 5.41) is 15.3. The number of nitriles is 1. The van der Waals surface area contributed by atoms with Crippen LogP contribution in [0.25, 0.3) is 0 Å². The monoisotopic (exact) mass is 382 g/mol. The van der Waals surface area contributed by atoms with Crippen molar-refractivity contribution in [3.63, 3.8) is 0 Å². The number of carbonyl (C=O) groups excluding carboxylic acids is 1. The molecule has 0 radical (unpaired) electrons. The molecule has 1 aromatic heterocycles. The summed E-state index contributed by atoms with van der Waals surface area (Å²) in [6.45, 7) is 1.63. The Bertz CT molecular complexity index is 1150. The minimum Gasteiger partial charge on any atom is -0.360 e. The maximum Gasteiger partial charge on any atom is 0.263 e. The summed E-state index contributed by atoms with van der Waals surface area (Å²) < 4.78 is 32.1. The average Bonchev–Trinajstić information content (AvgIpc) is 3.06. The number of sulfonamides is 1. The molecular weight excluding hydrogens is 368 g/mol. The van der Waals surface area contributed by atoms with E-state index in [0.29, 0.717) is 17.0 Å². The van der Waals surface area contributed by atoms with Crippen LogP contribution < -0.4 is 10.0 Å². The van der Waals surface area contributed by atoms with Gasteiger partial charge < -0.3 is 9.84 Å². The molecular formula is C18H14N4O4S. The number of nitrogens with one attached hydrogen (secondary N) is 2. The lowest BCUT2D eigenvalue weighted by atomic mass is 10.1. The highest BCUT2D eigenvalue weighted by Gasteiger charge is 2.18. The van der Waals surface area contributed by atoms with Gasteiger partial charge in [-0.2, -0.15) is 5.26 Å². The van der Waals surface area contributed by atoms with Crippen LogP contribution in [0.1, 0.15) is 21.7 Å². The lowest BCUT2D eigenvalue weighted by molar-refractivity contribution is 0.102. The molecule has 0 fully saturated rings. The van der Waals surface area contributed by atoms with E-state index in [-0.39, 0.29) is 16.3 Å². The lowest BCUT2D eigenvalue weighted by Gasteiger charge is -2.09. The fourth-order valence-electron chi connectivity index (χ4n) is 2.30. The maximum absolute atomic E-state index is 12.5. The quantitative estimate of drug-likeness (QED) is 0.699. The zero-order valence-corrected chi connectivity index (χ0v) is 14.9. The van der Waals surface area contributed by atoms with Crippen molar-refractivity contribution in [1.29, 1.82) is 5.26 Å². The first kappa shape index (κ1) is 18.2. The van der Waals surface area contributed by atoms with Gasteiger partial charge in [0, 0.05) is 11.6 Å². The highest BCUT2D eigenvalue weighted by molar-refractivity contribution is 7.92. The summed E-state index contributed by atoms with van der Waals surface area (Å²) >= 11 is 0. The number of hydrogen-bond donors (Lipinski definition) is 2. The van der Waals surface area contributed by atoms with E-state index in [1.54, 1.807) is 31.2 Å². The third-order valence-electron chi connectivity index (χ3n) is 3.57. The van der Waals surface area contributed by atoms with E-state index in [1.807, 2.05) is 6.07 Å². The largest absolute Gasteiger partial charge is 0.360 e. The molecule has 8 nitrogen and oxygen atoms in total. The number of nitrogens with zero attached hydrogens (tertiary/aromatic N) is 2. The molecule has 3 aromatic rings. The molecule has 2 aromatic carbocycles. The third kappa shape index (κ3) is 4.13. The van der Waals surface area contributed by atoms with Crippen molar-refractivity contribution >= 4 is 27.4 Å². The van der Waals surface area contributed by atoms with Gasteiger partial charge in [-0.1, -0.05) is 23.4 Å². The van der Waals surface area contributed by atoms with Crippen molar-refractivity contribution in [2.24, 2.45) is 0 Å². The average molecular weight is 382 g/mol. The zero-order valence-electron chi connectivity index (χ0n) is 14.1. The highest BCUT2D eigenvalue weighted by Crippen LogP contribution is 2.19. The number of anilines is 2. The van der Waals surface area contributed by atoms with Gasteiger partial charge in [-0.15, -0.1) is 0 Å². The van der Waals surface area contributed by atoms with Crippen LogP contribution in [0.5, 0.6) is 0 Å². The van der Waals surface area contributed by atoms with Crippen LogP contribution in [0, 0.1) is 18.3 Å². The minimum absolute atomic E-state index is 0.0466. The molecule has 1 amide bonds. The second-order valence-corrected chi connectivity index (χ2v) is 7.25. The highest BCUT2D eigenvalue weighted by atomic mass is 32.2. The molecule has 0 bridgehead atoms. The molecule has 0 atom stereocenters. The number of benzene rings is 2. The molecule has 0 saturated carbocycles. The lowest BCUT2D eigenvalue weighted by Crippen LogP contribution is -2.16. The Balaban J connectivity index is 1.84. The first-order valence-corrected chi connectivity index (χ1v) is 9.24. The van der Waals surface area contributed by atoms with E-state index in [9.17, 15) is 13.2 Å². The molecule has 0 unspecified atom stereocenters. The summed E-state index contributed by atoms with van der Waals surface area (Å²) in [7, 11) is -3.95.